The van der Waals surface area contributed by atoms with Crippen molar-refractivity contribution in [3.63, 3.8) is 0 Å². The number of carbonyl (C=O) groups excluding carboxylic acids is 1. The summed E-state index contributed by atoms with van der Waals surface area (Å²) in [6.07, 6.45) is 1.90. The normalized spacial score (nSPS) is 11.0. The lowest BCUT2D eigenvalue weighted by Crippen LogP contribution is -2.42. The number of quaternary nitrogens is 1. The van der Waals surface area contributed by atoms with Gasteiger partial charge in [-0.25, -0.2) is 0 Å². The lowest BCUT2D eigenvalue weighted by Gasteiger charge is -2.29. The van der Waals surface area contributed by atoms with E-state index < -0.39 is 0 Å². The van der Waals surface area contributed by atoms with E-state index in [0.29, 0.717) is 17.6 Å². The molecule has 0 radical (unpaired) electrons. The first-order chi connectivity index (χ1) is 11.0. The van der Waals surface area contributed by atoms with Crippen LogP contribution in [0.2, 0.25) is 0 Å². The zero-order valence-corrected chi connectivity index (χ0v) is 14.0. The molecular weight excluding hydrogens is 284 g/mol. The van der Waals surface area contributed by atoms with Crippen LogP contribution in [0.1, 0.15) is 15.9 Å². The van der Waals surface area contributed by atoms with Crippen molar-refractivity contribution in [1.29, 1.82) is 0 Å². The Labute approximate surface area is 139 Å². The molecule has 2 rings (SSSR count). The fourth-order valence-electron chi connectivity index (χ4n) is 2.29. The van der Waals surface area contributed by atoms with Crippen molar-refractivity contribution in [3.8, 4) is 0 Å². The maximum Gasteiger partial charge on any atom is 0.254 e. The average molecular weight is 309 g/mol. The summed E-state index contributed by atoms with van der Waals surface area (Å²) >= 11 is 0. The number of likely N-dealkylation sites (N-methyl/N-ethyl adjacent to an activating group) is 1. The highest BCUT2D eigenvalue weighted by Crippen LogP contribution is 2.11. The van der Waals surface area contributed by atoms with Gasteiger partial charge in [-0.1, -0.05) is 48.5 Å². The quantitative estimate of drug-likeness (QED) is 0.716. The molecule has 3 nitrogen and oxygen atoms in total. The third-order valence-corrected chi connectivity index (χ3v) is 3.96. The molecule has 0 unspecified atom stereocenters. The average Bonchev–Trinajstić information content (AvgIpc) is 2.59. The fraction of sp³-hybridized carbons (Fsp3) is 0.250. The summed E-state index contributed by atoms with van der Waals surface area (Å²) in [4.78, 5) is 14.8. The molecule has 0 heterocycles. The summed E-state index contributed by atoms with van der Waals surface area (Å²) in [5, 5.41) is 0. The van der Waals surface area contributed by atoms with Gasteiger partial charge in [-0.3, -0.25) is 4.79 Å². The molecule has 0 fully saturated rings. The molecular formula is C20H25N2O+. The van der Waals surface area contributed by atoms with Gasteiger partial charge in [0.1, 0.15) is 6.54 Å². The number of hydrogen-bond acceptors (Lipinski definition) is 1. The molecule has 3 heteroatoms. The number of rotatable bonds is 7. The second-order valence-corrected chi connectivity index (χ2v) is 6.26. The van der Waals surface area contributed by atoms with Crippen molar-refractivity contribution in [2.75, 3.05) is 27.2 Å². The van der Waals surface area contributed by atoms with Crippen molar-refractivity contribution in [2.45, 2.75) is 6.54 Å². The van der Waals surface area contributed by atoms with Crippen LogP contribution in [0, 0.1) is 0 Å². The topological polar surface area (TPSA) is 20.3 Å². The van der Waals surface area contributed by atoms with Crippen LogP contribution in [0.15, 0.2) is 73.4 Å². The van der Waals surface area contributed by atoms with Crippen LogP contribution in [-0.4, -0.2) is 42.5 Å². The van der Waals surface area contributed by atoms with E-state index in [1.54, 1.807) is 0 Å². The lowest BCUT2D eigenvalue weighted by atomic mass is 10.1. The molecule has 120 valence electrons. The highest BCUT2D eigenvalue weighted by Gasteiger charge is 2.19. The fourth-order valence-corrected chi connectivity index (χ4v) is 2.29. The number of amides is 1. The molecule has 0 bridgehead atoms. The van der Waals surface area contributed by atoms with Gasteiger partial charge in [-0.05, 0) is 24.3 Å². The maximum atomic E-state index is 12.8. The van der Waals surface area contributed by atoms with E-state index in [1.807, 2.05) is 59.6 Å². The second-order valence-electron chi connectivity index (χ2n) is 6.26. The number of hydrogen-bond donors (Lipinski definition) is 0. The van der Waals surface area contributed by atoms with Gasteiger partial charge >= 0.3 is 0 Å². The van der Waals surface area contributed by atoms with Crippen LogP contribution in [0.4, 0.5) is 0 Å². The molecule has 0 N–H and O–H groups in total. The Morgan fingerprint density at radius 1 is 1.04 bits per heavy atom. The monoisotopic (exact) mass is 309 g/mol. The Morgan fingerprint density at radius 3 is 2.17 bits per heavy atom. The smallest absolute Gasteiger partial charge is 0.254 e. The summed E-state index contributed by atoms with van der Waals surface area (Å²) in [7, 11) is 4.17. The van der Waals surface area contributed by atoms with Gasteiger partial charge in [0.15, 0.2) is 0 Å². The summed E-state index contributed by atoms with van der Waals surface area (Å²) in [6, 6.07) is 19.6. The molecule has 0 saturated carbocycles. The third kappa shape index (κ3) is 5.08. The van der Waals surface area contributed by atoms with E-state index in [1.165, 1.54) is 0 Å². The van der Waals surface area contributed by atoms with E-state index in [-0.39, 0.29) is 5.91 Å². The molecule has 1 amide bonds. The molecule has 2 aromatic rings. The van der Waals surface area contributed by atoms with E-state index >= 15 is 0 Å². The Kier molecular flexibility index (Phi) is 5.72. The molecule has 0 aliphatic heterocycles. The van der Waals surface area contributed by atoms with Gasteiger partial charge in [0.2, 0.25) is 0 Å². The predicted molar refractivity (Wildman–Crippen MR) is 94.8 cm³/mol. The molecule has 0 saturated heterocycles. The van der Waals surface area contributed by atoms with Gasteiger partial charge in [0, 0.05) is 12.1 Å². The van der Waals surface area contributed by atoms with Crippen LogP contribution in [0.3, 0.4) is 0 Å². The number of nitrogens with zero attached hydrogens (tertiary/aromatic N) is 2. The summed E-state index contributed by atoms with van der Waals surface area (Å²) < 4.78 is 0.674. The number of carbonyl (C=O) groups is 1. The zero-order chi connectivity index (χ0) is 16.7. The van der Waals surface area contributed by atoms with E-state index in [2.05, 4.69) is 32.8 Å². The van der Waals surface area contributed by atoms with Gasteiger partial charge < -0.3 is 9.38 Å². The largest absolute Gasteiger partial charge is 0.329 e. The highest BCUT2D eigenvalue weighted by atomic mass is 16.2. The molecule has 0 spiro atoms. The minimum absolute atomic E-state index is 0.0681. The standard InChI is InChI=1S/C20H25N2O/c1-4-22(2,3)16-15-21(17-18-11-7-5-8-12-18)20(23)19-13-9-6-10-14-19/h4-14H,1,15-17H2,2-3H3/q+1. The SMILES string of the molecule is C=C[N+](C)(C)CCN(Cc1ccccc1)C(=O)c1ccccc1. The van der Waals surface area contributed by atoms with E-state index in [9.17, 15) is 4.79 Å². The Bertz CT molecular complexity index is 635. The van der Waals surface area contributed by atoms with E-state index in [0.717, 1.165) is 17.7 Å². The molecule has 0 atom stereocenters. The van der Waals surface area contributed by atoms with Crippen molar-refractivity contribution >= 4 is 5.91 Å². The van der Waals surface area contributed by atoms with Crippen LogP contribution in [0.25, 0.3) is 0 Å². The maximum absolute atomic E-state index is 12.8. The van der Waals surface area contributed by atoms with Gasteiger partial charge in [0.05, 0.1) is 26.8 Å². The van der Waals surface area contributed by atoms with Crippen molar-refractivity contribution in [3.05, 3.63) is 84.6 Å². The Morgan fingerprint density at radius 2 is 1.61 bits per heavy atom. The summed E-state index contributed by atoms with van der Waals surface area (Å²) in [5.41, 5.74) is 1.87. The molecule has 0 aliphatic rings. The Hall–Kier alpha value is -2.39. The summed E-state index contributed by atoms with van der Waals surface area (Å²) in [6.45, 7) is 5.99. The number of benzene rings is 2. The van der Waals surface area contributed by atoms with Crippen LogP contribution < -0.4 is 0 Å². The first-order valence-electron chi connectivity index (χ1n) is 7.86. The highest BCUT2D eigenvalue weighted by molar-refractivity contribution is 5.94. The second kappa shape index (κ2) is 7.75. The molecule has 0 aromatic heterocycles. The molecule has 2 aromatic carbocycles. The third-order valence-electron chi connectivity index (χ3n) is 3.96. The summed E-state index contributed by atoms with van der Waals surface area (Å²) in [5.74, 6) is 0.0681. The van der Waals surface area contributed by atoms with Crippen molar-refractivity contribution in [1.82, 2.24) is 4.90 Å². The first kappa shape index (κ1) is 17.0. The van der Waals surface area contributed by atoms with Gasteiger partial charge in [0.25, 0.3) is 5.91 Å². The van der Waals surface area contributed by atoms with Crippen LogP contribution >= 0.6 is 0 Å². The van der Waals surface area contributed by atoms with Gasteiger partial charge in [-0.15, -0.1) is 0 Å². The zero-order valence-electron chi connectivity index (χ0n) is 14.0. The minimum Gasteiger partial charge on any atom is -0.329 e. The van der Waals surface area contributed by atoms with E-state index in [4.69, 9.17) is 0 Å². The van der Waals surface area contributed by atoms with Crippen LogP contribution in [-0.2, 0) is 6.54 Å². The minimum atomic E-state index is 0.0681. The molecule has 0 aliphatic carbocycles. The van der Waals surface area contributed by atoms with Crippen LogP contribution in [0.5, 0.6) is 0 Å². The van der Waals surface area contributed by atoms with Crippen molar-refractivity contribution < 1.29 is 9.28 Å². The van der Waals surface area contributed by atoms with Crippen molar-refractivity contribution in [2.24, 2.45) is 0 Å². The lowest BCUT2D eigenvalue weighted by molar-refractivity contribution is -0.837. The predicted octanol–water partition coefficient (Wildman–Crippen LogP) is 3.55. The molecule has 23 heavy (non-hydrogen) atoms. The van der Waals surface area contributed by atoms with Gasteiger partial charge in [-0.2, -0.15) is 0 Å². The first-order valence-corrected chi connectivity index (χ1v) is 7.86. The Balaban J connectivity index is 2.17.